The highest BCUT2D eigenvalue weighted by molar-refractivity contribution is 5.10. The topological polar surface area (TPSA) is 64.9 Å². The highest BCUT2D eigenvalue weighted by Crippen LogP contribution is 2.41. The first-order chi connectivity index (χ1) is 9.77. The van der Waals surface area contributed by atoms with Crippen LogP contribution in [0.25, 0.3) is 0 Å². The normalized spacial score (nSPS) is 29.7. The SMILES string of the molecule is CCC1CCC(c2noc(C3(CN)CCCCC3)n2)C1. The molecule has 2 aliphatic rings. The van der Waals surface area contributed by atoms with Gasteiger partial charge in [0.2, 0.25) is 5.89 Å². The van der Waals surface area contributed by atoms with E-state index in [-0.39, 0.29) is 5.41 Å². The molecule has 0 aliphatic heterocycles. The van der Waals surface area contributed by atoms with E-state index in [0.717, 1.165) is 30.5 Å². The van der Waals surface area contributed by atoms with Crippen LogP contribution in [0.4, 0.5) is 0 Å². The zero-order valence-electron chi connectivity index (χ0n) is 12.6. The monoisotopic (exact) mass is 277 g/mol. The smallest absolute Gasteiger partial charge is 0.234 e. The van der Waals surface area contributed by atoms with Crippen molar-refractivity contribution >= 4 is 0 Å². The second kappa shape index (κ2) is 5.84. The van der Waals surface area contributed by atoms with Gasteiger partial charge in [0.1, 0.15) is 0 Å². The highest BCUT2D eigenvalue weighted by atomic mass is 16.5. The van der Waals surface area contributed by atoms with Crippen LogP contribution >= 0.6 is 0 Å². The van der Waals surface area contributed by atoms with Crippen molar-refractivity contribution in [2.45, 2.75) is 76.0 Å². The van der Waals surface area contributed by atoms with Gasteiger partial charge in [0.15, 0.2) is 5.82 Å². The molecule has 0 bridgehead atoms. The molecule has 112 valence electrons. The lowest BCUT2D eigenvalue weighted by Gasteiger charge is -2.32. The Morgan fingerprint density at radius 2 is 2.05 bits per heavy atom. The Morgan fingerprint density at radius 1 is 1.25 bits per heavy atom. The van der Waals surface area contributed by atoms with Gasteiger partial charge in [-0.3, -0.25) is 0 Å². The third-order valence-corrected chi connectivity index (χ3v) is 5.58. The molecule has 3 rings (SSSR count). The summed E-state index contributed by atoms with van der Waals surface area (Å²) < 4.78 is 5.64. The van der Waals surface area contributed by atoms with E-state index >= 15 is 0 Å². The van der Waals surface area contributed by atoms with Gasteiger partial charge >= 0.3 is 0 Å². The first-order valence-corrected chi connectivity index (χ1v) is 8.31. The minimum atomic E-state index is -0.0355. The van der Waals surface area contributed by atoms with E-state index in [1.807, 2.05) is 0 Å². The van der Waals surface area contributed by atoms with Gasteiger partial charge in [-0.25, -0.2) is 0 Å². The molecule has 2 unspecified atom stereocenters. The summed E-state index contributed by atoms with van der Waals surface area (Å²) in [5.74, 6) is 3.11. The lowest BCUT2D eigenvalue weighted by molar-refractivity contribution is 0.219. The predicted octanol–water partition coefficient (Wildman–Crippen LogP) is 3.52. The molecule has 1 aromatic heterocycles. The summed E-state index contributed by atoms with van der Waals surface area (Å²) >= 11 is 0. The molecule has 4 nitrogen and oxygen atoms in total. The quantitative estimate of drug-likeness (QED) is 0.914. The van der Waals surface area contributed by atoms with Gasteiger partial charge in [-0.15, -0.1) is 0 Å². The molecule has 0 saturated heterocycles. The van der Waals surface area contributed by atoms with E-state index in [9.17, 15) is 0 Å². The van der Waals surface area contributed by atoms with Crippen molar-refractivity contribution in [2.24, 2.45) is 11.7 Å². The molecule has 0 amide bonds. The summed E-state index contributed by atoms with van der Waals surface area (Å²) in [6.45, 7) is 2.91. The van der Waals surface area contributed by atoms with Crippen LogP contribution in [-0.2, 0) is 5.41 Å². The standard InChI is InChI=1S/C16H27N3O/c1-2-12-6-7-13(10-12)14-18-15(20-19-14)16(11-17)8-4-3-5-9-16/h12-13H,2-11,17H2,1H3. The van der Waals surface area contributed by atoms with Crippen LogP contribution in [0.5, 0.6) is 0 Å². The fourth-order valence-electron chi connectivity index (χ4n) is 4.03. The third-order valence-electron chi connectivity index (χ3n) is 5.58. The van der Waals surface area contributed by atoms with Gasteiger partial charge in [-0.1, -0.05) is 37.8 Å². The second-order valence-electron chi connectivity index (χ2n) is 6.79. The van der Waals surface area contributed by atoms with E-state index in [0.29, 0.717) is 12.5 Å². The number of nitrogens with two attached hydrogens (primary N) is 1. The lowest BCUT2D eigenvalue weighted by atomic mass is 9.74. The Balaban J connectivity index is 1.76. The van der Waals surface area contributed by atoms with Crippen molar-refractivity contribution in [3.05, 3.63) is 11.7 Å². The molecule has 2 saturated carbocycles. The van der Waals surface area contributed by atoms with Crippen LogP contribution in [0.15, 0.2) is 4.52 Å². The Labute approximate surface area is 121 Å². The van der Waals surface area contributed by atoms with Crippen molar-refractivity contribution in [1.82, 2.24) is 10.1 Å². The number of hydrogen-bond acceptors (Lipinski definition) is 4. The molecule has 2 N–H and O–H groups in total. The second-order valence-corrected chi connectivity index (χ2v) is 6.79. The maximum Gasteiger partial charge on any atom is 0.234 e. The molecule has 1 aromatic rings. The largest absolute Gasteiger partial charge is 0.339 e. The molecular weight excluding hydrogens is 250 g/mol. The van der Waals surface area contributed by atoms with Gasteiger partial charge in [0.25, 0.3) is 0 Å². The molecule has 2 atom stereocenters. The average molecular weight is 277 g/mol. The number of rotatable bonds is 4. The van der Waals surface area contributed by atoms with Crippen molar-refractivity contribution < 1.29 is 4.52 Å². The van der Waals surface area contributed by atoms with Crippen molar-refractivity contribution in [1.29, 1.82) is 0 Å². The fraction of sp³-hybridized carbons (Fsp3) is 0.875. The minimum Gasteiger partial charge on any atom is -0.339 e. The minimum absolute atomic E-state index is 0.0355. The van der Waals surface area contributed by atoms with Crippen LogP contribution < -0.4 is 5.73 Å². The van der Waals surface area contributed by atoms with Gasteiger partial charge in [-0.05, 0) is 38.0 Å². The first kappa shape index (κ1) is 14.1. The summed E-state index contributed by atoms with van der Waals surface area (Å²) in [5.41, 5.74) is 6.01. The maximum atomic E-state index is 6.05. The highest BCUT2D eigenvalue weighted by Gasteiger charge is 2.39. The molecule has 2 fully saturated rings. The van der Waals surface area contributed by atoms with Gasteiger partial charge in [-0.2, -0.15) is 4.98 Å². The van der Waals surface area contributed by atoms with E-state index < -0.39 is 0 Å². The zero-order valence-corrected chi connectivity index (χ0v) is 12.6. The number of hydrogen-bond donors (Lipinski definition) is 1. The molecule has 20 heavy (non-hydrogen) atoms. The van der Waals surface area contributed by atoms with Gasteiger partial charge in [0, 0.05) is 12.5 Å². The Hall–Kier alpha value is -0.900. The van der Waals surface area contributed by atoms with Crippen LogP contribution in [0.1, 0.15) is 82.3 Å². The molecule has 0 aromatic carbocycles. The van der Waals surface area contributed by atoms with Gasteiger partial charge in [0.05, 0.1) is 5.41 Å². The predicted molar refractivity (Wildman–Crippen MR) is 78.5 cm³/mol. The Bertz CT molecular complexity index is 437. The summed E-state index contributed by atoms with van der Waals surface area (Å²) in [5, 5.41) is 4.29. The Kier molecular flexibility index (Phi) is 4.11. The first-order valence-electron chi connectivity index (χ1n) is 8.31. The van der Waals surface area contributed by atoms with Crippen molar-refractivity contribution in [3.8, 4) is 0 Å². The van der Waals surface area contributed by atoms with E-state index in [4.69, 9.17) is 15.2 Å². The number of nitrogens with zero attached hydrogens (tertiary/aromatic N) is 2. The molecule has 2 aliphatic carbocycles. The molecule has 4 heteroatoms. The van der Waals surface area contributed by atoms with E-state index in [1.54, 1.807) is 0 Å². The molecule has 0 radical (unpaired) electrons. The molecular formula is C16H27N3O. The van der Waals surface area contributed by atoms with Crippen LogP contribution in [0, 0.1) is 5.92 Å². The summed E-state index contributed by atoms with van der Waals surface area (Å²) in [7, 11) is 0. The third kappa shape index (κ3) is 2.50. The van der Waals surface area contributed by atoms with Gasteiger partial charge < -0.3 is 10.3 Å². The summed E-state index contributed by atoms with van der Waals surface area (Å²) in [4.78, 5) is 4.77. The van der Waals surface area contributed by atoms with Crippen LogP contribution in [-0.4, -0.2) is 16.7 Å². The average Bonchev–Trinajstić information content (AvgIpc) is 3.16. The van der Waals surface area contributed by atoms with Crippen molar-refractivity contribution in [3.63, 3.8) is 0 Å². The summed E-state index contributed by atoms with van der Waals surface area (Å²) in [6, 6.07) is 0. The van der Waals surface area contributed by atoms with Crippen molar-refractivity contribution in [2.75, 3.05) is 6.54 Å². The van der Waals surface area contributed by atoms with Crippen LogP contribution in [0.2, 0.25) is 0 Å². The summed E-state index contributed by atoms with van der Waals surface area (Å²) in [6.07, 6.45) is 11.0. The zero-order chi connectivity index (χ0) is 14.0. The van der Waals surface area contributed by atoms with E-state index in [1.165, 1.54) is 44.9 Å². The fourth-order valence-corrected chi connectivity index (χ4v) is 4.03. The lowest BCUT2D eigenvalue weighted by Crippen LogP contribution is -2.37. The molecule has 1 heterocycles. The number of aromatic nitrogens is 2. The maximum absolute atomic E-state index is 6.05. The Morgan fingerprint density at radius 3 is 2.70 bits per heavy atom. The molecule has 0 spiro atoms. The van der Waals surface area contributed by atoms with Crippen LogP contribution in [0.3, 0.4) is 0 Å². The van der Waals surface area contributed by atoms with E-state index in [2.05, 4.69) is 12.1 Å².